The maximum atomic E-state index is 9.65. The Morgan fingerprint density at radius 1 is 1.33 bits per heavy atom. The van der Waals surface area contributed by atoms with E-state index >= 15 is 0 Å². The highest BCUT2D eigenvalue weighted by molar-refractivity contribution is 5.40. The van der Waals surface area contributed by atoms with Gasteiger partial charge in [-0.3, -0.25) is 0 Å². The van der Waals surface area contributed by atoms with Gasteiger partial charge in [-0.2, -0.15) is 0 Å². The number of ether oxygens (including phenoxy) is 2. The Bertz CT molecular complexity index is 372. The number of aliphatic hydroxyl groups is 1. The number of hydrogen-bond acceptors (Lipinski definition) is 4. The molecule has 0 unspecified atom stereocenters. The lowest BCUT2D eigenvalue weighted by Gasteiger charge is -2.18. The van der Waals surface area contributed by atoms with Crippen molar-refractivity contribution in [3.05, 3.63) is 23.8 Å². The summed E-state index contributed by atoms with van der Waals surface area (Å²) in [7, 11) is 3.53. The molecular weight excluding hydrogens is 230 g/mol. The zero-order valence-corrected chi connectivity index (χ0v) is 11.6. The molecule has 18 heavy (non-hydrogen) atoms. The van der Waals surface area contributed by atoms with Gasteiger partial charge < -0.3 is 19.9 Å². The first-order valence-electron chi connectivity index (χ1n) is 6.13. The van der Waals surface area contributed by atoms with E-state index in [2.05, 4.69) is 5.32 Å². The van der Waals surface area contributed by atoms with Gasteiger partial charge in [0.2, 0.25) is 0 Å². The average molecular weight is 253 g/mol. The van der Waals surface area contributed by atoms with Gasteiger partial charge in [0.1, 0.15) is 11.5 Å². The molecular formula is C14H23NO3. The van der Waals surface area contributed by atoms with E-state index in [4.69, 9.17) is 9.47 Å². The van der Waals surface area contributed by atoms with E-state index in [-0.39, 0.29) is 0 Å². The molecule has 1 aromatic carbocycles. The van der Waals surface area contributed by atoms with Crippen LogP contribution < -0.4 is 14.8 Å². The Kier molecular flexibility index (Phi) is 5.44. The van der Waals surface area contributed by atoms with Crippen LogP contribution in [0.1, 0.15) is 25.8 Å². The second-order valence-corrected chi connectivity index (χ2v) is 4.91. The summed E-state index contributed by atoms with van der Waals surface area (Å²) in [6, 6.07) is 5.77. The lowest BCUT2D eigenvalue weighted by molar-refractivity contribution is 0.0551. The number of nitrogens with one attached hydrogen (secondary N) is 1. The van der Waals surface area contributed by atoms with E-state index in [0.29, 0.717) is 13.0 Å². The van der Waals surface area contributed by atoms with Gasteiger partial charge in [0, 0.05) is 24.6 Å². The van der Waals surface area contributed by atoms with Gasteiger partial charge in [0.05, 0.1) is 19.3 Å². The number of benzene rings is 1. The summed E-state index contributed by atoms with van der Waals surface area (Å²) in [5.74, 6) is 1.57. The van der Waals surface area contributed by atoms with E-state index in [0.717, 1.165) is 23.6 Å². The topological polar surface area (TPSA) is 50.7 Å². The van der Waals surface area contributed by atoms with Crippen molar-refractivity contribution in [1.82, 2.24) is 5.32 Å². The smallest absolute Gasteiger partial charge is 0.127 e. The monoisotopic (exact) mass is 253 g/mol. The van der Waals surface area contributed by atoms with Gasteiger partial charge in [-0.1, -0.05) is 6.07 Å². The summed E-state index contributed by atoms with van der Waals surface area (Å²) in [6.45, 7) is 4.77. The Morgan fingerprint density at radius 2 is 2.06 bits per heavy atom. The zero-order valence-electron chi connectivity index (χ0n) is 11.6. The van der Waals surface area contributed by atoms with Crippen molar-refractivity contribution in [2.75, 3.05) is 20.8 Å². The van der Waals surface area contributed by atoms with Crippen LogP contribution in [0, 0.1) is 0 Å². The fourth-order valence-corrected chi connectivity index (χ4v) is 1.54. The maximum Gasteiger partial charge on any atom is 0.127 e. The van der Waals surface area contributed by atoms with E-state index in [1.807, 2.05) is 25.2 Å². The van der Waals surface area contributed by atoms with Crippen molar-refractivity contribution in [3.8, 4) is 11.5 Å². The molecule has 0 bridgehead atoms. The van der Waals surface area contributed by atoms with Crippen molar-refractivity contribution in [3.63, 3.8) is 0 Å². The molecule has 0 fully saturated rings. The van der Waals surface area contributed by atoms with Crippen molar-refractivity contribution in [2.24, 2.45) is 0 Å². The van der Waals surface area contributed by atoms with E-state index in [1.165, 1.54) is 0 Å². The minimum Gasteiger partial charge on any atom is -0.497 e. The summed E-state index contributed by atoms with van der Waals surface area (Å²) < 4.78 is 10.9. The van der Waals surface area contributed by atoms with Crippen LogP contribution in [0.15, 0.2) is 18.2 Å². The van der Waals surface area contributed by atoms with Gasteiger partial charge >= 0.3 is 0 Å². The minimum atomic E-state index is -0.706. The normalized spacial score (nSPS) is 11.4. The Morgan fingerprint density at radius 3 is 2.61 bits per heavy atom. The van der Waals surface area contributed by atoms with Crippen LogP contribution in [0.25, 0.3) is 0 Å². The minimum absolute atomic E-state index is 0.480. The van der Waals surface area contributed by atoms with Crippen LogP contribution in [0.5, 0.6) is 11.5 Å². The van der Waals surface area contributed by atoms with Crippen LogP contribution in [0.2, 0.25) is 0 Å². The van der Waals surface area contributed by atoms with Gasteiger partial charge in [0.25, 0.3) is 0 Å². The maximum absolute atomic E-state index is 9.65. The second-order valence-electron chi connectivity index (χ2n) is 4.91. The quantitative estimate of drug-likeness (QED) is 0.780. The SMILES string of the molecule is CNCc1ccc(OC)cc1OCCC(C)(C)O. The molecule has 0 aromatic heterocycles. The van der Waals surface area contributed by atoms with Crippen molar-refractivity contribution < 1.29 is 14.6 Å². The number of methoxy groups -OCH3 is 1. The van der Waals surface area contributed by atoms with Gasteiger partial charge in [-0.25, -0.2) is 0 Å². The highest BCUT2D eigenvalue weighted by Gasteiger charge is 2.13. The third kappa shape index (κ3) is 4.94. The Balaban J connectivity index is 2.71. The van der Waals surface area contributed by atoms with Crippen LogP contribution >= 0.6 is 0 Å². The molecule has 0 spiro atoms. The second kappa shape index (κ2) is 6.61. The first-order valence-corrected chi connectivity index (χ1v) is 6.13. The molecule has 0 amide bonds. The van der Waals surface area contributed by atoms with Crippen molar-refractivity contribution in [2.45, 2.75) is 32.4 Å². The molecule has 0 heterocycles. The highest BCUT2D eigenvalue weighted by Crippen LogP contribution is 2.25. The summed E-state index contributed by atoms with van der Waals surface area (Å²) in [5.41, 5.74) is 0.372. The fourth-order valence-electron chi connectivity index (χ4n) is 1.54. The van der Waals surface area contributed by atoms with E-state index in [9.17, 15) is 5.11 Å². The summed E-state index contributed by atoms with van der Waals surface area (Å²) >= 11 is 0. The van der Waals surface area contributed by atoms with Crippen molar-refractivity contribution in [1.29, 1.82) is 0 Å². The van der Waals surface area contributed by atoms with Crippen molar-refractivity contribution >= 4 is 0 Å². The molecule has 102 valence electrons. The number of hydrogen-bond donors (Lipinski definition) is 2. The molecule has 2 N–H and O–H groups in total. The van der Waals surface area contributed by atoms with E-state index < -0.39 is 5.60 Å². The first-order chi connectivity index (χ1) is 8.46. The molecule has 4 heteroatoms. The number of rotatable bonds is 7. The Labute approximate surface area is 109 Å². The molecule has 1 aromatic rings. The van der Waals surface area contributed by atoms with Crippen LogP contribution in [-0.2, 0) is 6.54 Å². The summed E-state index contributed by atoms with van der Waals surface area (Å²) in [4.78, 5) is 0. The Hall–Kier alpha value is -1.26. The average Bonchev–Trinajstić information content (AvgIpc) is 2.30. The lowest BCUT2D eigenvalue weighted by Crippen LogP contribution is -2.22. The largest absolute Gasteiger partial charge is 0.497 e. The molecule has 0 aliphatic rings. The summed E-state index contributed by atoms with van der Waals surface area (Å²) in [6.07, 6.45) is 0.587. The predicted octanol–water partition coefficient (Wildman–Crippen LogP) is 1.95. The molecule has 0 saturated heterocycles. The molecule has 0 aliphatic carbocycles. The molecule has 0 saturated carbocycles. The van der Waals surface area contributed by atoms with E-state index in [1.54, 1.807) is 21.0 Å². The van der Waals surface area contributed by atoms with Gasteiger partial charge in [0.15, 0.2) is 0 Å². The first kappa shape index (κ1) is 14.8. The van der Waals surface area contributed by atoms with Gasteiger partial charge in [-0.05, 0) is 27.0 Å². The molecule has 0 atom stereocenters. The zero-order chi connectivity index (χ0) is 13.6. The molecule has 0 radical (unpaired) electrons. The molecule has 0 aliphatic heterocycles. The van der Waals surface area contributed by atoms with Crippen LogP contribution in [0.3, 0.4) is 0 Å². The third-order valence-corrected chi connectivity index (χ3v) is 2.61. The lowest BCUT2D eigenvalue weighted by atomic mass is 10.1. The predicted molar refractivity (Wildman–Crippen MR) is 72.2 cm³/mol. The molecule has 4 nitrogen and oxygen atoms in total. The van der Waals surface area contributed by atoms with Gasteiger partial charge in [-0.15, -0.1) is 0 Å². The fraction of sp³-hybridized carbons (Fsp3) is 0.571. The third-order valence-electron chi connectivity index (χ3n) is 2.61. The summed E-state index contributed by atoms with van der Waals surface area (Å²) in [5, 5.41) is 12.8. The standard InChI is InChI=1S/C14H23NO3/c1-14(2,16)7-8-18-13-9-12(17-4)6-5-11(13)10-15-3/h5-6,9,15-16H,7-8,10H2,1-4H3. The van der Waals surface area contributed by atoms with Crippen LogP contribution in [-0.4, -0.2) is 31.5 Å². The van der Waals surface area contributed by atoms with Crippen LogP contribution in [0.4, 0.5) is 0 Å². The highest BCUT2D eigenvalue weighted by atomic mass is 16.5. The molecule has 1 rings (SSSR count).